The molecule has 9 heteroatoms. The number of benzene rings is 1. The van der Waals surface area contributed by atoms with E-state index in [2.05, 4.69) is 20.8 Å². The second-order valence-electron chi connectivity index (χ2n) is 6.06. The van der Waals surface area contributed by atoms with Crippen LogP contribution in [0.25, 0.3) is 0 Å². The minimum absolute atomic E-state index is 0.401. The van der Waals surface area contributed by atoms with Gasteiger partial charge in [-0.25, -0.2) is 4.79 Å². The van der Waals surface area contributed by atoms with Crippen molar-refractivity contribution in [3.8, 4) is 0 Å². The van der Waals surface area contributed by atoms with Crippen LogP contribution in [0.5, 0.6) is 0 Å². The molecule has 146 valence electrons. The van der Waals surface area contributed by atoms with E-state index in [0.717, 1.165) is 17.1 Å². The lowest BCUT2D eigenvalue weighted by Gasteiger charge is -2.12. The van der Waals surface area contributed by atoms with Crippen LogP contribution in [-0.2, 0) is 17.8 Å². The van der Waals surface area contributed by atoms with E-state index in [4.69, 9.17) is 4.42 Å². The van der Waals surface area contributed by atoms with Gasteiger partial charge in [0.2, 0.25) is 5.91 Å². The van der Waals surface area contributed by atoms with Crippen LogP contribution >= 0.6 is 11.8 Å². The minimum atomic E-state index is -0.542. The fourth-order valence-corrected chi connectivity index (χ4v) is 3.39. The summed E-state index contributed by atoms with van der Waals surface area (Å²) in [6, 6.07) is 13.1. The maximum Gasteiger partial charge on any atom is 0.321 e. The van der Waals surface area contributed by atoms with Crippen molar-refractivity contribution in [1.29, 1.82) is 0 Å². The monoisotopic (exact) mass is 399 g/mol. The van der Waals surface area contributed by atoms with Gasteiger partial charge < -0.3 is 9.73 Å². The second-order valence-corrected chi connectivity index (χ2v) is 7.36. The van der Waals surface area contributed by atoms with Gasteiger partial charge in [0.1, 0.15) is 11.6 Å². The fourth-order valence-electron chi connectivity index (χ4n) is 2.52. The first kappa shape index (κ1) is 19.7. The Bertz CT molecular complexity index is 924. The van der Waals surface area contributed by atoms with Crippen LogP contribution in [0.15, 0.2) is 58.3 Å². The highest BCUT2D eigenvalue weighted by Crippen LogP contribution is 2.24. The number of imide groups is 1. The smallest absolute Gasteiger partial charge is 0.321 e. The number of aromatic nitrogens is 3. The van der Waals surface area contributed by atoms with Gasteiger partial charge in [-0.1, -0.05) is 42.1 Å². The van der Waals surface area contributed by atoms with Gasteiger partial charge in [-0.2, -0.15) is 0 Å². The number of hydrogen-bond acceptors (Lipinski definition) is 6. The lowest BCUT2D eigenvalue weighted by molar-refractivity contribution is -0.119. The highest BCUT2D eigenvalue weighted by molar-refractivity contribution is 8.00. The lowest BCUT2D eigenvalue weighted by atomic mass is 10.1. The van der Waals surface area contributed by atoms with Crippen molar-refractivity contribution in [2.75, 3.05) is 7.05 Å². The molecule has 1 aromatic carbocycles. The number of carbonyl (C=O) groups is 2. The molecule has 0 saturated carbocycles. The van der Waals surface area contributed by atoms with Gasteiger partial charge in [-0.05, 0) is 24.6 Å². The Labute approximate surface area is 166 Å². The first-order valence-corrected chi connectivity index (χ1v) is 9.62. The second kappa shape index (κ2) is 9.23. The van der Waals surface area contributed by atoms with Gasteiger partial charge in [-0.3, -0.25) is 14.7 Å². The number of amides is 3. The molecule has 2 aromatic heterocycles. The molecule has 28 heavy (non-hydrogen) atoms. The zero-order chi connectivity index (χ0) is 19.9. The highest BCUT2D eigenvalue weighted by Gasteiger charge is 2.22. The van der Waals surface area contributed by atoms with E-state index in [1.165, 1.54) is 18.8 Å². The molecule has 3 aromatic rings. The molecule has 2 heterocycles. The van der Waals surface area contributed by atoms with Crippen LogP contribution in [0.3, 0.4) is 0 Å². The van der Waals surface area contributed by atoms with Crippen molar-refractivity contribution < 1.29 is 14.0 Å². The van der Waals surface area contributed by atoms with Gasteiger partial charge >= 0.3 is 6.03 Å². The van der Waals surface area contributed by atoms with Crippen molar-refractivity contribution in [1.82, 2.24) is 25.4 Å². The van der Waals surface area contributed by atoms with E-state index in [1.807, 2.05) is 47.0 Å². The molecule has 0 aliphatic carbocycles. The van der Waals surface area contributed by atoms with Crippen LogP contribution in [0.1, 0.15) is 24.1 Å². The molecule has 0 radical (unpaired) electrons. The van der Waals surface area contributed by atoms with Gasteiger partial charge in [0.15, 0.2) is 5.16 Å². The fraction of sp³-hybridized carbons (Fsp3) is 0.263. The minimum Gasteiger partial charge on any atom is -0.467 e. The number of urea groups is 1. The Hall–Kier alpha value is -3.07. The molecule has 0 unspecified atom stereocenters. The van der Waals surface area contributed by atoms with E-state index in [-0.39, 0.29) is 0 Å². The zero-order valence-corrected chi connectivity index (χ0v) is 16.4. The molecule has 0 spiro atoms. The van der Waals surface area contributed by atoms with E-state index in [1.54, 1.807) is 13.2 Å². The van der Waals surface area contributed by atoms with Crippen molar-refractivity contribution >= 4 is 23.7 Å². The topological polar surface area (TPSA) is 102 Å². The summed E-state index contributed by atoms with van der Waals surface area (Å²) in [7, 11) is 1.45. The normalized spacial score (nSPS) is 11.8. The highest BCUT2D eigenvalue weighted by atomic mass is 32.2. The van der Waals surface area contributed by atoms with Crippen molar-refractivity contribution in [3.05, 3.63) is 65.9 Å². The predicted octanol–water partition coefficient (Wildman–Crippen LogP) is 2.45. The summed E-state index contributed by atoms with van der Waals surface area (Å²) >= 11 is 1.24. The third-order valence-corrected chi connectivity index (χ3v) is 5.09. The Morgan fingerprint density at radius 2 is 1.96 bits per heavy atom. The summed E-state index contributed by atoms with van der Waals surface area (Å²) in [4.78, 5) is 23.5. The largest absolute Gasteiger partial charge is 0.467 e. The molecular formula is C19H21N5O3S. The zero-order valence-electron chi connectivity index (χ0n) is 15.6. The molecule has 3 rings (SSSR count). The lowest BCUT2D eigenvalue weighted by Crippen LogP contribution is -2.41. The van der Waals surface area contributed by atoms with Crippen molar-refractivity contribution in [3.63, 3.8) is 0 Å². The summed E-state index contributed by atoms with van der Waals surface area (Å²) in [6.45, 7) is 2.17. The number of hydrogen-bond donors (Lipinski definition) is 2. The van der Waals surface area contributed by atoms with E-state index in [0.29, 0.717) is 18.1 Å². The molecule has 0 fully saturated rings. The number of nitrogens with zero attached hydrogens (tertiary/aromatic N) is 3. The first-order valence-electron chi connectivity index (χ1n) is 8.74. The summed E-state index contributed by atoms with van der Waals surface area (Å²) in [6.07, 6.45) is 2.22. The van der Waals surface area contributed by atoms with Crippen molar-refractivity contribution in [2.45, 2.75) is 30.3 Å². The van der Waals surface area contributed by atoms with Gasteiger partial charge in [0.05, 0.1) is 18.1 Å². The van der Waals surface area contributed by atoms with E-state index in [9.17, 15) is 9.59 Å². The molecule has 0 bridgehead atoms. The number of carbonyl (C=O) groups excluding carboxylic acids is 2. The molecule has 8 nitrogen and oxygen atoms in total. The molecule has 0 saturated heterocycles. The SMILES string of the molecule is CNC(=O)NC(=O)[C@@H](C)Sc1nnc(Cc2ccccc2)n1Cc1ccco1. The van der Waals surface area contributed by atoms with Crippen LogP contribution in [0.2, 0.25) is 0 Å². The summed E-state index contributed by atoms with van der Waals surface area (Å²) in [5, 5.41) is 13.3. The van der Waals surface area contributed by atoms with Gasteiger partial charge in [0, 0.05) is 13.5 Å². The third-order valence-electron chi connectivity index (χ3n) is 4.01. The molecule has 0 aliphatic rings. The van der Waals surface area contributed by atoms with Crippen LogP contribution in [-0.4, -0.2) is 39.0 Å². The van der Waals surface area contributed by atoms with Gasteiger partial charge in [-0.15, -0.1) is 10.2 Å². The Balaban J connectivity index is 1.81. The number of rotatable bonds is 7. The maximum atomic E-state index is 12.2. The maximum absolute atomic E-state index is 12.2. The quantitative estimate of drug-likeness (QED) is 0.592. The average molecular weight is 399 g/mol. The Kier molecular flexibility index (Phi) is 6.49. The standard InChI is InChI=1S/C19H21N5O3S/c1-13(17(25)21-18(26)20-2)28-19-23-22-16(11-14-7-4-3-5-8-14)24(19)12-15-9-6-10-27-15/h3-10,13H,11-12H2,1-2H3,(H2,20,21,25,26)/t13-/m1/s1. The van der Waals surface area contributed by atoms with E-state index < -0.39 is 17.2 Å². The molecule has 2 N–H and O–H groups in total. The number of nitrogens with one attached hydrogen (secondary N) is 2. The molecule has 1 atom stereocenters. The third kappa shape index (κ3) is 5.01. The molecular weight excluding hydrogens is 378 g/mol. The summed E-state index contributed by atoms with van der Waals surface area (Å²) in [5.74, 6) is 1.13. The summed E-state index contributed by atoms with van der Waals surface area (Å²) < 4.78 is 7.40. The van der Waals surface area contributed by atoms with Crippen molar-refractivity contribution in [2.24, 2.45) is 0 Å². The van der Waals surface area contributed by atoms with Crippen LogP contribution < -0.4 is 10.6 Å². The van der Waals surface area contributed by atoms with Crippen LogP contribution in [0.4, 0.5) is 4.79 Å². The van der Waals surface area contributed by atoms with E-state index >= 15 is 0 Å². The Morgan fingerprint density at radius 1 is 1.18 bits per heavy atom. The molecule has 0 aliphatic heterocycles. The molecule has 3 amide bonds. The average Bonchev–Trinajstić information content (AvgIpc) is 3.34. The Morgan fingerprint density at radius 3 is 2.64 bits per heavy atom. The first-order chi connectivity index (χ1) is 13.6. The summed E-state index contributed by atoms with van der Waals surface area (Å²) in [5.41, 5.74) is 1.11. The number of thioether (sulfide) groups is 1. The van der Waals surface area contributed by atoms with Gasteiger partial charge in [0.25, 0.3) is 0 Å². The predicted molar refractivity (Wildman–Crippen MR) is 105 cm³/mol. The van der Waals surface area contributed by atoms with Crippen LogP contribution in [0, 0.1) is 0 Å². The number of furan rings is 1.